The number of nitrogens with zero attached hydrogens (tertiary/aromatic N) is 1. The number of rotatable bonds is 8. The van der Waals surface area contributed by atoms with Crippen molar-refractivity contribution in [3.63, 3.8) is 0 Å². The fourth-order valence-electron chi connectivity index (χ4n) is 1.67. The molecule has 7 nitrogen and oxygen atoms in total. The first-order valence-electron chi connectivity index (χ1n) is 6.72. The summed E-state index contributed by atoms with van der Waals surface area (Å²) in [5.41, 5.74) is 0.635. The molecule has 1 aromatic rings. The molecule has 21 heavy (non-hydrogen) atoms. The van der Waals surface area contributed by atoms with E-state index in [1.54, 1.807) is 0 Å². The number of aromatic nitrogens is 1. The van der Waals surface area contributed by atoms with Crippen molar-refractivity contribution in [3.8, 4) is 0 Å². The maximum atomic E-state index is 11.8. The summed E-state index contributed by atoms with van der Waals surface area (Å²) in [7, 11) is 1.51. The maximum Gasteiger partial charge on any atom is 0.303 e. The summed E-state index contributed by atoms with van der Waals surface area (Å²) in [6, 6.07) is 3.03. The minimum atomic E-state index is -0.804. The largest absolute Gasteiger partial charge is 0.481 e. The van der Waals surface area contributed by atoms with E-state index in [0.717, 1.165) is 12.8 Å². The molecule has 1 aromatic heterocycles. The van der Waals surface area contributed by atoms with Crippen LogP contribution in [0, 0.1) is 0 Å². The fraction of sp³-hybridized carbons (Fsp3) is 0.429. The molecule has 7 heteroatoms. The highest BCUT2D eigenvalue weighted by atomic mass is 16.4. The number of nitrogens with one attached hydrogen (secondary N) is 2. The third-order valence-electron chi connectivity index (χ3n) is 2.84. The number of amides is 2. The van der Waals surface area contributed by atoms with E-state index in [1.165, 1.54) is 25.4 Å². The molecule has 1 rings (SSSR count). The van der Waals surface area contributed by atoms with Gasteiger partial charge in [0, 0.05) is 26.2 Å². The zero-order valence-corrected chi connectivity index (χ0v) is 11.9. The van der Waals surface area contributed by atoms with Gasteiger partial charge in [0.2, 0.25) is 0 Å². The highest BCUT2D eigenvalue weighted by Gasteiger charge is 2.08. The summed E-state index contributed by atoms with van der Waals surface area (Å²) in [5.74, 6) is -1.37. The Hall–Kier alpha value is -2.44. The lowest BCUT2D eigenvalue weighted by molar-refractivity contribution is -0.137. The number of hydrogen-bond donors (Lipinski definition) is 3. The Labute approximate surface area is 122 Å². The van der Waals surface area contributed by atoms with Gasteiger partial charge in [0.15, 0.2) is 0 Å². The van der Waals surface area contributed by atoms with Gasteiger partial charge in [0.1, 0.15) is 5.69 Å². The highest BCUT2D eigenvalue weighted by Crippen LogP contribution is 2.02. The van der Waals surface area contributed by atoms with Gasteiger partial charge >= 0.3 is 5.97 Å². The molecule has 0 aliphatic heterocycles. The number of aliphatic carboxylic acids is 1. The molecule has 1 heterocycles. The first kappa shape index (κ1) is 16.6. The van der Waals surface area contributed by atoms with Crippen LogP contribution in [0.5, 0.6) is 0 Å². The van der Waals surface area contributed by atoms with Crippen molar-refractivity contribution < 1.29 is 19.5 Å². The third kappa shape index (κ3) is 6.03. The Balaban J connectivity index is 2.32. The van der Waals surface area contributed by atoms with Crippen LogP contribution in [0.1, 0.15) is 46.5 Å². The van der Waals surface area contributed by atoms with E-state index >= 15 is 0 Å². The lowest BCUT2D eigenvalue weighted by Gasteiger charge is -2.05. The standard InChI is InChI=1S/C14H19N3O4/c1-15-14(21)11-7-6-10(9-17-11)13(20)16-8-4-2-3-5-12(18)19/h6-7,9H,2-5,8H2,1H3,(H,15,21)(H,16,20)(H,18,19). The minimum Gasteiger partial charge on any atom is -0.481 e. The molecule has 0 spiro atoms. The first-order chi connectivity index (χ1) is 10.0. The van der Waals surface area contributed by atoms with Crippen LogP contribution in [0.2, 0.25) is 0 Å². The van der Waals surface area contributed by atoms with Crippen molar-refractivity contribution in [3.05, 3.63) is 29.6 Å². The molecule has 2 amide bonds. The molecule has 0 saturated heterocycles. The predicted molar refractivity (Wildman–Crippen MR) is 76.1 cm³/mol. The van der Waals surface area contributed by atoms with Crippen LogP contribution in [0.25, 0.3) is 0 Å². The Bertz CT molecular complexity index is 499. The molecule has 0 unspecified atom stereocenters. The van der Waals surface area contributed by atoms with E-state index in [4.69, 9.17) is 5.11 Å². The van der Waals surface area contributed by atoms with Crippen molar-refractivity contribution in [2.24, 2.45) is 0 Å². The molecule has 114 valence electrons. The minimum absolute atomic E-state index is 0.152. The van der Waals surface area contributed by atoms with Gasteiger partial charge in [0.25, 0.3) is 11.8 Å². The number of carboxylic acid groups (broad SMARTS) is 1. The van der Waals surface area contributed by atoms with Gasteiger partial charge in [-0.05, 0) is 25.0 Å². The quantitative estimate of drug-likeness (QED) is 0.615. The summed E-state index contributed by atoms with van der Waals surface area (Å²) < 4.78 is 0. The van der Waals surface area contributed by atoms with Gasteiger partial charge in [-0.2, -0.15) is 0 Å². The summed E-state index contributed by atoms with van der Waals surface area (Å²) in [5, 5.41) is 13.7. The van der Waals surface area contributed by atoms with Crippen LogP contribution in [0.3, 0.4) is 0 Å². The van der Waals surface area contributed by atoms with E-state index in [9.17, 15) is 14.4 Å². The van der Waals surface area contributed by atoms with E-state index in [0.29, 0.717) is 18.5 Å². The first-order valence-corrected chi connectivity index (χ1v) is 6.72. The van der Waals surface area contributed by atoms with Crippen LogP contribution < -0.4 is 10.6 Å². The number of unbranched alkanes of at least 4 members (excludes halogenated alkanes) is 2. The number of hydrogen-bond acceptors (Lipinski definition) is 4. The lowest BCUT2D eigenvalue weighted by Crippen LogP contribution is -2.25. The summed E-state index contributed by atoms with van der Waals surface area (Å²) in [6.07, 6.45) is 3.58. The van der Waals surface area contributed by atoms with Gasteiger partial charge in [-0.25, -0.2) is 0 Å². The van der Waals surface area contributed by atoms with Gasteiger partial charge < -0.3 is 15.7 Å². The fourth-order valence-corrected chi connectivity index (χ4v) is 1.67. The van der Waals surface area contributed by atoms with Gasteiger partial charge in [0.05, 0.1) is 5.56 Å². The van der Waals surface area contributed by atoms with Crippen LogP contribution in [0.15, 0.2) is 18.3 Å². The van der Waals surface area contributed by atoms with Crippen molar-refractivity contribution in [1.82, 2.24) is 15.6 Å². The lowest BCUT2D eigenvalue weighted by atomic mass is 10.2. The van der Waals surface area contributed by atoms with E-state index in [1.807, 2.05) is 0 Å². The predicted octanol–water partition coefficient (Wildman–Crippen LogP) is 0.816. The zero-order chi connectivity index (χ0) is 15.7. The normalized spacial score (nSPS) is 9.95. The molecule has 0 radical (unpaired) electrons. The van der Waals surface area contributed by atoms with Crippen LogP contribution in [-0.2, 0) is 4.79 Å². The van der Waals surface area contributed by atoms with Crippen LogP contribution in [-0.4, -0.2) is 41.5 Å². The average Bonchev–Trinajstić information content (AvgIpc) is 2.49. The van der Waals surface area contributed by atoms with Crippen molar-refractivity contribution in [1.29, 1.82) is 0 Å². The third-order valence-corrected chi connectivity index (χ3v) is 2.84. The van der Waals surface area contributed by atoms with Crippen molar-refractivity contribution in [2.75, 3.05) is 13.6 Å². The summed E-state index contributed by atoms with van der Waals surface area (Å²) in [4.78, 5) is 37.3. The Morgan fingerprint density at radius 2 is 1.90 bits per heavy atom. The molecule has 0 aliphatic carbocycles. The molecule has 0 atom stereocenters. The molecule has 0 saturated carbocycles. The van der Waals surface area contributed by atoms with E-state index < -0.39 is 5.97 Å². The number of carbonyl (C=O) groups is 3. The van der Waals surface area contributed by atoms with E-state index in [2.05, 4.69) is 15.6 Å². The Morgan fingerprint density at radius 1 is 1.14 bits per heavy atom. The molecule has 0 aliphatic rings. The van der Waals surface area contributed by atoms with Gasteiger partial charge in [-0.15, -0.1) is 0 Å². The van der Waals surface area contributed by atoms with Gasteiger partial charge in [-0.3, -0.25) is 19.4 Å². The second-order valence-electron chi connectivity index (χ2n) is 4.47. The number of pyridine rings is 1. The average molecular weight is 293 g/mol. The molecule has 0 bridgehead atoms. The van der Waals surface area contributed by atoms with E-state index in [-0.39, 0.29) is 23.9 Å². The maximum absolute atomic E-state index is 11.8. The van der Waals surface area contributed by atoms with Crippen LogP contribution >= 0.6 is 0 Å². The number of carboxylic acids is 1. The smallest absolute Gasteiger partial charge is 0.303 e. The molecule has 0 fully saturated rings. The zero-order valence-electron chi connectivity index (χ0n) is 11.9. The molecular formula is C14H19N3O4. The van der Waals surface area contributed by atoms with Crippen LogP contribution in [0.4, 0.5) is 0 Å². The Morgan fingerprint density at radius 3 is 2.48 bits per heavy atom. The Kier molecular flexibility index (Phi) is 6.86. The second-order valence-corrected chi connectivity index (χ2v) is 4.47. The SMILES string of the molecule is CNC(=O)c1ccc(C(=O)NCCCCCC(=O)O)cn1. The van der Waals surface area contributed by atoms with Gasteiger partial charge in [-0.1, -0.05) is 6.42 Å². The molecule has 3 N–H and O–H groups in total. The highest BCUT2D eigenvalue weighted by molar-refractivity contribution is 5.96. The molecular weight excluding hydrogens is 274 g/mol. The van der Waals surface area contributed by atoms with Crippen molar-refractivity contribution >= 4 is 17.8 Å². The summed E-state index contributed by atoms with van der Waals surface area (Å²) >= 11 is 0. The van der Waals surface area contributed by atoms with Crippen molar-refractivity contribution in [2.45, 2.75) is 25.7 Å². The summed E-state index contributed by atoms with van der Waals surface area (Å²) in [6.45, 7) is 0.482. The second kappa shape index (κ2) is 8.68. The number of carbonyl (C=O) groups excluding carboxylic acids is 2. The molecule has 0 aromatic carbocycles. The topological polar surface area (TPSA) is 108 Å². The monoisotopic (exact) mass is 293 g/mol.